The van der Waals surface area contributed by atoms with Gasteiger partial charge in [0, 0.05) is 22.0 Å². The van der Waals surface area contributed by atoms with Gasteiger partial charge in [0.2, 0.25) is 5.75 Å². The van der Waals surface area contributed by atoms with Crippen LogP contribution in [0, 0.1) is 15.9 Å². The highest BCUT2D eigenvalue weighted by Crippen LogP contribution is 2.36. The first-order valence-electron chi connectivity index (χ1n) is 10.8. The van der Waals surface area contributed by atoms with Gasteiger partial charge in [-0.25, -0.2) is 9.37 Å². The van der Waals surface area contributed by atoms with Gasteiger partial charge < -0.3 is 4.74 Å². The molecule has 0 bridgehead atoms. The number of nitro benzene ring substituents is 1. The second kappa shape index (κ2) is 10.7. The number of nitrogens with zero attached hydrogens (tertiary/aromatic N) is 4. The van der Waals surface area contributed by atoms with Gasteiger partial charge in [-0.1, -0.05) is 41.9 Å². The van der Waals surface area contributed by atoms with Crippen LogP contribution in [-0.4, -0.2) is 20.8 Å². The second-order valence-electron chi connectivity index (χ2n) is 8.17. The van der Waals surface area contributed by atoms with E-state index in [4.69, 9.17) is 4.74 Å². The van der Waals surface area contributed by atoms with Crippen LogP contribution in [0.1, 0.15) is 36.7 Å². The van der Waals surface area contributed by atoms with Crippen LogP contribution in [0.25, 0.3) is 10.9 Å². The van der Waals surface area contributed by atoms with Crippen molar-refractivity contribution in [3.05, 3.63) is 107 Å². The summed E-state index contributed by atoms with van der Waals surface area (Å²) in [6.07, 6.45) is 1.36. The van der Waals surface area contributed by atoms with Crippen molar-refractivity contribution in [2.45, 2.75) is 26.4 Å². The number of benzene rings is 3. The van der Waals surface area contributed by atoms with Crippen molar-refractivity contribution in [2.75, 3.05) is 0 Å². The molecule has 0 spiro atoms. The summed E-state index contributed by atoms with van der Waals surface area (Å²) in [5, 5.41) is 16.5. The van der Waals surface area contributed by atoms with Crippen LogP contribution in [0.4, 0.5) is 10.1 Å². The molecule has 1 heterocycles. The van der Waals surface area contributed by atoms with Crippen molar-refractivity contribution in [1.29, 1.82) is 0 Å². The van der Waals surface area contributed by atoms with Crippen LogP contribution in [0.2, 0.25) is 0 Å². The van der Waals surface area contributed by atoms with E-state index in [-0.39, 0.29) is 35.3 Å². The van der Waals surface area contributed by atoms with Crippen LogP contribution in [-0.2, 0) is 6.61 Å². The minimum atomic E-state index is -0.567. The largest absolute Gasteiger partial charge is 0.481 e. The minimum absolute atomic E-state index is 0.0125. The molecule has 0 radical (unpaired) electrons. The van der Waals surface area contributed by atoms with Gasteiger partial charge in [0.05, 0.1) is 26.5 Å². The highest BCUT2D eigenvalue weighted by molar-refractivity contribution is 9.10. The summed E-state index contributed by atoms with van der Waals surface area (Å²) in [6, 6.07) is 13.8. The lowest BCUT2D eigenvalue weighted by molar-refractivity contribution is -0.386. The highest BCUT2D eigenvalue weighted by atomic mass is 79.9. The highest BCUT2D eigenvalue weighted by Gasteiger charge is 2.21. The van der Waals surface area contributed by atoms with Crippen LogP contribution >= 0.6 is 31.9 Å². The molecule has 0 aliphatic carbocycles. The van der Waals surface area contributed by atoms with E-state index in [0.29, 0.717) is 32.3 Å². The van der Waals surface area contributed by atoms with E-state index in [1.54, 1.807) is 18.2 Å². The molecule has 0 amide bonds. The zero-order valence-electron chi connectivity index (χ0n) is 19.1. The van der Waals surface area contributed by atoms with Gasteiger partial charge in [0.1, 0.15) is 18.2 Å². The van der Waals surface area contributed by atoms with Gasteiger partial charge in [-0.15, -0.1) is 0 Å². The number of aromatic nitrogens is 2. The summed E-state index contributed by atoms with van der Waals surface area (Å²) in [7, 11) is 0. The first kappa shape index (κ1) is 25.6. The molecule has 0 saturated carbocycles. The van der Waals surface area contributed by atoms with Gasteiger partial charge in [-0.3, -0.25) is 14.9 Å². The van der Waals surface area contributed by atoms with E-state index < -0.39 is 4.92 Å². The summed E-state index contributed by atoms with van der Waals surface area (Å²) in [4.78, 5) is 29.0. The summed E-state index contributed by atoms with van der Waals surface area (Å²) < 4.78 is 21.1. The molecule has 4 rings (SSSR count). The molecule has 36 heavy (non-hydrogen) atoms. The summed E-state index contributed by atoms with van der Waals surface area (Å²) >= 11 is 6.70. The topological polar surface area (TPSA) is 99.6 Å². The maximum Gasteiger partial charge on any atom is 0.312 e. The van der Waals surface area contributed by atoms with E-state index in [2.05, 4.69) is 41.9 Å². The smallest absolute Gasteiger partial charge is 0.312 e. The fraction of sp³-hybridized carbons (Fsp3) is 0.160. The molecule has 0 saturated heterocycles. The lowest BCUT2D eigenvalue weighted by atomic mass is 10.2. The Hall–Kier alpha value is -3.44. The van der Waals surface area contributed by atoms with E-state index in [0.717, 1.165) is 4.47 Å². The van der Waals surface area contributed by atoms with Gasteiger partial charge in [-0.2, -0.15) is 9.78 Å². The standard InChI is InChI=1S/C25H19Br2FN4O4/c1-14(2)24-30-21-8-5-17(26)11-19(21)25(33)31(24)29-12-16-9-20(27)23(22(10-16)32(34)35)36-13-15-3-6-18(28)7-4-15/h3-12,14H,13H2,1-2H3. The lowest BCUT2D eigenvalue weighted by Gasteiger charge is -2.12. The number of ether oxygens (including phenoxy) is 1. The lowest BCUT2D eigenvalue weighted by Crippen LogP contribution is -2.23. The maximum atomic E-state index is 13.2. The van der Waals surface area contributed by atoms with Crippen molar-refractivity contribution in [3.8, 4) is 5.75 Å². The third-order valence-corrected chi connectivity index (χ3v) is 6.29. The van der Waals surface area contributed by atoms with Gasteiger partial charge >= 0.3 is 5.69 Å². The third-order valence-electron chi connectivity index (χ3n) is 5.21. The van der Waals surface area contributed by atoms with E-state index in [1.165, 1.54) is 41.2 Å². The molecule has 3 aromatic carbocycles. The first-order chi connectivity index (χ1) is 17.1. The molecule has 184 valence electrons. The van der Waals surface area contributed by atoms with Crippen molar-refractivity contribution < 1.29 is 14.1 Å². The zero-order chi connectivity index (χ0) is 26.0. The Balaban J connectivity index is 1.72. The summed E-state index contributed by atoms with van der Waals surface area (Å²) in [5.41, 5.74) is 0.941. The monoisotopic (exact) mass is 616 g/mol. The zero-order valence-corrected chi connectivity index (χ0v) is 22.3. The Bertz CT molecular complexity index is 1550. The Kier molecular flexibility index (Phi) is 7.60. The van der Waals surface area contributed by atoms with Crippen molar-refractivity contribution in [1.82, 2.24) is 9.66 Å². The average Bonchev–Trinajstić information content (AvgIpc) is 2.83. The quantitative estimate of drug-likeness (QED) is 0.133. The third kappa shape index (κ3) is 5.52. The minimum Gasteiger partial charge on any atom is -0.481 e. The fourth-order valence-electron chi connectivity index (χ4n) is 3.46. The van der Waals surface area contributed by atoms with Crippen LogP contribution in [0.3, 0.4) is 0 Å². The first-order valence-corrected chi connectivity index (χ1v) is 12.3. The Morgan fingerprint density at radius 3 is 2.56 bits per heavy atom. The second-order valence-corrected chi connectivity index (χ2v) is 9.94. The molecule has 1 aromatic heterocycles. The molecular formula is C25H19Br2FN4O4. The van der Waals surface area contributed by atoms with E-state index >= 15 is 0 Å². The van der Waals surface area contributed by atoms with Crippen molar-refractivity contribution in [2.24, 2.45) is 5.10 Å². The van der Waals surface area contributed by atoms with Gasteiger partial charge in [0.15, 0.2) is 0 Å². The van der Waals surface area contributed by atoms with Crippen LogP contribution in [0.5, 0.6) is 5.75 Å². The molecular weight excluding hydrogens is 599 g/mol. The molecule has 0 aliphatic heterocycles. The number of nitro groups is 1. The molecule has 0 N–H and O–H groups in total. The van der Waals surface area contributed by atoms with E-state index in [9.17, 15) is 19.3 Å². The Morgan fingerprint density at radius 1 is 1.17 bits per heavy atom. The SMILES string of the molecule is CC(C)c1nc2ccc(Br)cc2c(=O)n1N=Cc1cc(Br)c(OCc2ccc(F)cc2)c([N+](=O)[O-])c1. The molecule has 0 atom stereocenters. The van der Waals surface area contributed by atoms with Gasteiger partial charge in [0.25, 0.3) is 5.56 Å². The molecule has 0 aliphatic rings. The summed E-state index contributed by atoms with van der Waals surface area (Å²) in [6.45, 7) is 3.80. The average molecular weight is 618 g/mol. The van der Waals surface area contributed by atoms with Crippen LogP contribution in [0.15, 0.2) is 73.4 Å². The fourth-order valence-corrected chi connectivity index (χ4v) is 4.41. The molecule has 8 nitrogen and oxygen atoms in total. The molecule has 0 fully saturated rings. The van der Waals surface area contributed by atoms with E-state index in [1.807, 2.05) is 19.9 Å². The number of hydrogen-bond donors (Lipinski definition) is 0. The summed E-state index contributed by atoms with van der Waals surface area (Å²) in [5.74, 6) is -0.00707. The van der Waals surface area contributed by atoms with Gasteiger partial charge in [-0.05, 0) is 57.9 Å². The van der Waals surface area contributed by atoms with Crippen molar-refractivity contribution in [3.63, 3.8) is 0 Å². The normalized spacial score (nSPS) is 11.5. The number of hydrogen-bond acceptors (Lipinski definition) is 6. The number of rotatable bonds is 7. The Labute approximate surface area is 221 Å². The Morgan fingerprint density at radius 2 is 1.89 bits per heavy atom. The number of fused-ring (bicyclic) bond motifs is 1. The maximum absolute atomic E-state index is 13.2. The number of halogens is 3. The predicted molar refractivity (Wildman–Crippen MR) is 142 cm³/mol. The predicted octanol–water partition coefficient (Wildman–Crippen LogP) is 6.55. The molecule has 4 aromatic rings. The van der Waals surface area contributed by atoms with Crippen molar-refractivity contribution >= 4 is 54.7 Å². The van der Waals surface area contributed by atoms with Crippen LogP contribution < -0.4 is 10.3 Å². The molecule has 0 unspecified atom stereocenters. The molecule has 11 heteroatoms.